The molecule has 3 rings (SSSR count). The van der Waals surface area contributed by atoms with E-state index in [2.05, 4.69) is 34.6 Å². The molecule has 1 N–H and O–H groups in total. The Morgan fingerprint density at radius 1 is 1.33 bits per heavy atom. The second kappa shape index (κ2) is 4.94. The lowest BCUT2D eigenvalue weighted by Crippen LogP contribution is -2.27. The van der Waals surface area contributed by atoms with Crippen molar-refractivity contribution in [3.05, 3.63) is 36.5 Å². The van der Waals surface area contributed by atoms with Crippen molar-refractivity contribution in [2.45, 2.75) is 18.9 Å². The fourth-order valence-electron chi connectivity index (χ4n) is 2.39. The van der Waals surface area contributed by atoms with E-state index in [-0.39, 0.29) is 0 Å². The fourth-order valence-corrected chi connectivity index (χ4v) is 2.39. The van der Waals surface area contributed by atoms with Gasteiger partial charge in [-0.3, -0.25) is 4.98 Å². The van der Waals surface area contributed by atoms with E-state index in [1.165, 1.54) is 18.2 Å². The number of pyridine rings is 1. The lowest BCUT2D eigenvalue weighted by molar-refractivity contribution is 0.179. The summed E-state index contributed by atoms with van der Waals surface area (Å²) in [5.41, 5.74) is 2.16. The molecule has 18 heavy (non-hydrogen) atoms. The number of fused-ring (bicyclic) bond motifs is 1. The summed E-state index contributed by atoms with van der Waals surface area (Å²) in [6.45, 7) is 0.758. The molecule has 3 nitrogen and oxygen atoms in total. The van der Waals surface area contributed by atoms with E-state index in [0.29, 0.717) is 6.04 Å². The van der Waals surface area contributed by atoms with Gasteiger partial charge in [-0.25, -0.2) is 0 Å². The number of ether oxygens (including phenoxy) is 1. The summed E-state index contributed by atoms with van der Waals surface area (Å²) >= 11 is 0. The molecule has 1 aliphatic carbocycles. The molecular formula is C15H18N2O. The van der Waals surface area contributed by atoms with E-state index < -0.39 is 0 Å². The smallest absolute Gasteiger partial charge is 0.0933 e. The third-order valence-electron chi connectivity index (χ3n) is 3.51. The molecule has 0 amide bonds. The number of aromatic nitrogens is 1. The van der Waals surface area contributed by atoms with Crippen LogP contribution in [0.2, 0.25) is 0 Å². The second-order valence-corrected chi connectivity index (χ2v) is 4.92. The molecule has 1 aromatic heterocycles. The van der Waals surface area contributed by atoms with E-state index in [9.17, 15) is 0 Å². The zero-order valence-corrected chi connectivity index (χ0v) is 10.6. The largest absolute Gasteiger partial charge is 0.383 e. The summed E-state index contributed by atoms with van der Waals surface area (Å²) in [4.78, 5) is 4.47. The van der Waals surface area contributed by atoms with Crippen molar-refractivity contribution in [3.8, 4) is 0 Å². The van der Waals surface area contributed by atoms with Crippen LogP contribution in [0, 0.1) is 5.92 Å². The van der Waals surface area contributed by atoms with Crippen LogP contribution in [0.4, 0.5) is 5.69 Å². The topological polar surface area (TPSA) is 34.1 Å². The summed E-state index contributed by atoms with van der Waals surface area (Å²) < 4.78 is 5.31. The number of nitrogens with zero attached hydrogens (tertiary/aromatic N) is 1. The number of rotatable bonds is 5. The van der Waals surface area contributed by atoms with Gasteiger partial charge in [-0.05, 0) is 30.9 Å². The van der Waals surface area contributed by atoms with Crippen molar-refractivity contribution >= 4 is 16.6 Å². The van der Waals surface area contributed by atoms with Gasteiger partial charge in [-0.1, -0.05) is 18.2 Å². The minimum atomic E-state index is 0.405. The molecular weight excluding hydrogens is 224 g/mol. The Morgan fingerprint density at radius 2 is 2.17 bits per heavy atom. The quantitative estimate of drug-likeness (QED) is 0.875. The van der Waals surface area contributed by atoms with E-state index in [0.717, 1.165) is 23.7 Å². The molecule has 1 heterocycles. The predicted molar refractivity (Wildman–Crippen MR) is 73.8 cm³/mol. The first-order valence-corrected chi connectivity index (χ1v) is 6.47. The lowest BCUT2D eigenvalue weighted by Gasteiger charge is -2.19. The van der Waals surface area contributed by atoms with E-state index in [4.69, 9.17) is 4.74 Å². The average molecular weight is 242 g/mol. The molecule has 2 aromatic rings. The fraction of sp³-hybridized carbons (Fsp3) is 0.400. The van der Waals surface area contributed by atoms with Crippen molar-refractivity contribution in [1.82, 2.24) is 4.98 Å². The number of benzene rings is 1. The van der Waals surface area contributed by atoms with Gasteiger partial charge in [0.2, 0.25) is 0 Å². The number of para-hydroxylation sites is 1. The predicted octanol–water partition coefficient (Wildman–Crippen LogP) is 3.07. The maximum absolute atomic E-state index is 5.31. The van der Waals surface area contributed by atoms with E-state index in [1.807, 2.05) is 12.3 Å². The highest BCUT2D eigenvalue weighted by Crippen LogP contribution is 2.35. The Balaban J connectivity index is 1.88. The minimum Gasteiger partial charge on any atom is -0.383 e. The van der Waals surface area contributed by atoms with Gasteiger partial charge in [-0.2, -0.15) is 0 Å². The van der Waals surface area contributed by atoms with Gasteiger partial charge in [-0.15, -0.1) is 0 Å². The Hall–Kier alpha value is -1.61. The molecule has 1 atom stereocenters. The van der Waals surface area contributed by atoms with Gasteiger partial charge >= 0.3 is 0 Å². The lowest BCUT2D eigenvalue weighted by atomic mass is 10.1. The first-order chi connectivity index (χ1) is 8.88. The number of methoxy groups -OCH3 is 1. The molecule has 1 aliphatic rings. The number of nitrogens with one attached hydrogen (secondary N) is 1. The van der Waals surface area contributed by atoms with Gasteiger partial charge < -0.3 is 10.1 Å². The molecule has 94 valence electrons. The van der Waals surface area contributed by atoms with Gasteiger partial charge in [0.05, 0.1) is 23.9 Å². The molecule has 3 heteroatoms. The number of hydrogen-bond acceptors (Lipinski definition) is 3. The van der Waals surface area contributed by atoms with Crippen LogP contribution in [0.25, 0.3) is 10.9 Å². The SMILES string of the molecule is COCC(Nc1cccc2cccnc12)C1CC1. The van der Waals surface area contributed by atoms with Gasteiger partial charge in [0.25, 0.3) is 0 Å². The second-order valence-electron chi connectivity index (χ2n) is 4.92. The van der Waals surface area contributed by atoms with Crippen LogP contribution in [0.5, 0.6) is 0 Å². The monoisotopic (exact) mass is 242 g/mol. The summed E-state index contributed by atoms with van der Waals surface area (Å²) in [6.07, 6.45) is 4.45. The van der Waals surface area contributed by atoms with Crippen molar-refractivity contribution in [1.29, 1.82) is 0 Å². The maximum atomic E-state index is 5.31. The zero-order chi connectivity index (χ0) is 12.4. The van der Waals surface area contributed by atoms with Crippen LogP contribution in [0.15, 0.2) is 36.5 Å². The summed E-state index contributed by atoms with van der Waals surface area (Å²) in [5.74, 6) is 0.754. The standard InChI is InChI=1S/C15H18N2O/c1-18-10-14(11-7-8-11)17-13-6-2-4-12-5-3-9-16-15(12)13/h2-6,9,11,14,17H,7-8,10H2,1H3. The summed E-state index contributed by atoms with van der Waals surface area (Å²) in [6, 6.07) is 10.7. The third-order valence-corrected chi connectivity index (χ3v) is 3.51. The Kier molecular flexibility index (Phi) is 3.15. The van der Waals surface area contributed by atoms with Crippen LogP contribution in [0.3, 0.4) is 0 Å². The van der Waals surface area contributed by atoms with Crippen molar-refractivity contribution < 1.29 is 4.74 Å². The molecule has 0 bridgehead atoms. The molecule has 1 unspecified atom stereocenters. The Labute approximate surface area is 107 Å². The molecule has 1 saturated carbocycles. The molecule has 1 aromatic carbocycles. The van der Waals surface area contributed by atoms with E-state index >= 15 is 0 Å². The maximum Gasteiger partial charge on any atom is 0.0933 e. The first kappa shape index (κ1) is 11.5. The Bertz CT molecular complexity index is 532. The number of anilines is 1. The highest BCUT2D eigenvalue weighted by Gasteiger charge is 2.31. The van der Waals surface area contributed by atoms with Crippen LogP contribution < -0.4 is 5.32 Å². The first-order valence-electron chi connectivity index (χ1n) is 6.47. The van der Waals surface area contributed by atoms with E-state index in [1.54, 1.807) is 7.11 Å². The molecule has 0 aliphatic heterocycles. The van der Waals surface area contributed by atoms with Crippen molar-refractivity contribution in [3.63, 3.8) is 0 Å². The molecule has 0 spiro atoms. The number of hydrogen-bond donors (Lipinski definition) is 1. The normalized spacial score (nSPS) is 16.7. The van der Waals surface area contributed by atoms with Gasteiger partial charge in [0.1, 0.15) is 0 Å². The van der Waals surface area contributed by atoms with Crippen LogP contribution in [-0.4, -0.2) is 24.7 Å². The molecule has 0 saturated heterocycles. The van der Waals surface area contributed by atoms with Gasteiger partial charge in [0.15, 0.2) is 0 Å². The summed E-state index contributed by atoms with van der Waals surface area (Å²) in [5, 5.41) is 4.77. The minimum absolute atomic E-state index is 0.405. The van der Waals surface area contributed by atoms with Crippen LogP contribution in [-0.2, 0) is 4.74 Å². The van der Waals surface area contributed by atoms with Crippen molar-refractivity contribution in [2.24, 2.45) is 5.92 Å². The third kappa shape index (κ3) is 2.31. The zero-order valence-electron chi connectivity index (χ0n) is 10.6. The average Bonchev–Trinajstić information content (AvgIpc) is 3.23. The molecule has 0 radical (unpaired) electrons. The molecule has 1 fully saturated rings. The highest BCUT2D eigenvalue weighted by molar-refractivity contribution is 5.90. The summed E-state index contributed by atoms with van der Waals surface area (Å²) in [7, 11) is 1.76. The highest BCUT2D eigenvalue weighted by atomic mass is 16.5. The van der Waals surface area contributed by atoms with Gasteiger partial charge in [0, 0.05) is 18.7 Å². The van der Waals surface area contributed by atoms with Crippen molar-refractivity contribution in [2.75, 3.05) is 19.0 Å². The Morgan fingerprint density at radius 3 is 2.94 bits per heavy atom. The van der Waals surface area contributed by atoms with Crippen LogP contribution in [0.1, 0.15) is 12.8 Å². The van der Waals surface area contributed by atoms with Crippen LogP contribution >= 0.6 is 0 Å².